The number of carbonyl (C=O) groups excluding carboxylic acids is 1. The molecule has 2 heterocycles. The van der Waals surface area contributed by atoms with Crippen molar-refractivity contribution in [3.63, 3.8) is 0 Å². The largest absolute Gasteiger partial charge is 0.465 e. The smallest absolute Gasteiger partial charge is 0.295 e. The van der Waals surface area contributed by atoms with Crippen LogP contribution in [0.3, 0.4) is 0 Å². The van der Waals surface area contributed by atoms with Crippen molar-refractivity contribution < 1.29 is 9.21 Å². The summed E-state index contributed by atoms with van der Waals surface area (Å²) in [7, 11) is 1.82. The van der Waals surface area contributed by atoms with E-state index in [0.717, 1.165) is 11.4 Å². The number of rotatable bonds is 5. The molecule has 134 valence electrons. The number of aromatic nitrogens is 2. The number of anilines is 1. The van der Waals surface area contributed by atoms with Crippen molar-refractivity contribution in [3.8, 4) is 5.69 Å². The van der Waals surface area contributed by atoms with Gasteiger partial charge in [0, 0.05) is 13.1 Å². The third-order valence-electron chi connectivity index (χ3n) is 4.05. The normalized spacial score (nSPS) is 11.4. The van der Waals surface area contributed by atoms with Crippen LogP contribution in [0.5, 0.6) is 0 Å². The number of carbonyl (C=O) groups is 1. The Bertz CT molecular complexity index is 977. The van der Waals surface area contributed by atoms with Crippen LogP contribution in [0.2, 0.25) is 0 Å². The number of benzene rings is 1. The van der Waals surface area contributed by atoms with E-state index in [-0.39, 0.29) is 17.4 Å². The number of nitrogens with one attached hydrogen (secondary N) is 1. The van der Waals surface area contributed by atoms with Crippen molar-refractivity contribution in [2.24, 2.45) is 7.05 Å². The van der Waals surface area contributed by atoms with Gasteiger partial charge in [-0.2, -0.15) is 0 Å². The van der Waals surface area contributed by atoms with Gasteiger partial charge in [-0.3, -0.25) is 14.3 Å². The predicted molar refractivity (Wildman–Crippen MR) is 101 cm³/mol. The Hall–Kier alpha value is -3.28. The van der Waals surface area contributed by atoms with Crippen LogP contribution in [0.1, 0.15) is 31.2 Å². The summed E-state index contributed by atoms with van der Waals surface area (Å²) in [5.74, 6) is 0.243. The minimum absolute atomic E-state index is 0.0574. The van der Waals surface area contributed by atoms with E-state index in [1.807, 2.05) is 51.2 Å². The molecule has 0 radical (unpaired) electrons. The first kappa shape index (κ1) is 17.5. The highest BCUT2D eigenvalue weighted by Gasteiger charge is 2.22. The molecule has 0 aliphatic heterocycles. The Morgan fingerprint density at radius 3 is 2.50 bits per heavy atom. The van der Waals surface area contributed by atoms with Crippen LogP contribution in [0.15, 0.2) is 64.0 Å². The SMILES string of the molecule is CC(C)c1c(NC(=O)/C=C\c2ccco2)c(=O)n(-c2ccccc2)n1C. The number of nitrogens with zero attached hydrogens (tertiary/aromatic N) is 2. The molecule has 3 rings (SSSR count). The second kappa shape index (κ2) is 7.31. The number of amides is 1. The second-order valence-corrected chi connectivity index (χ2v) is 6.23. The van der Waals surface area contributed by atoms with Crippen molar-refractivity contribution in [1.29, 1.82) is 0 Å². The van der Waals surface area contributed by atoms with Crippen LogP contribution < -0.4 is 10.9 Å². The van der Waals surface area contributed by atoms with E-state index in [1.54, 1.807) is 27.6 Å². The first-order valence-corrected chi connectivity index (χ1v) is 8.39. The van der Waals surface area contributed by atoms with Crippen molar-refractivity contribution in [2.75, 3.05) is 5.32 Å². The molecule has 0 saturated heterocycles. The monoisotopic (exact) mass is 351 g/mol. The molecular weight excluding hydrogens is 330 g/mol. The van der Waals surface area contributed by atoms with Gasteiger partial charge in [0.1, 0.15) is 11.4 Å². The van der Waals surface area contributed by atoms with Gasteiger partial charge in [-0.1, -0.05) is 32.0 Å². The fourth-order valence-electron chi connectivity index (χ4n) is 2.97. The van der Waals surface area contributed by atoms with E-state index in [0.29, 0.717) is 11.4 Å². The molecule has 26 heavy (non-hydrogen) atoms. The summed E-state index contributed by atoms with van der Waals surface area (Å²) in [6.07, 6.45) is 4.44. The van der Waals surface area contributed by atoms with Gasteiger partial charge < -0.3 is 9.73 Å². The Morgan fingerprint density at radius 1 is 1.15 bits per heavy atom. The van der Waals surface area contributed by atoms with Crippen molar-refractivity contribution >= 4 is 17.7 Å². The lowest BCUT2D eigenvalue weighted by molar-refractivity contribution is -0.111. The zero-order valence-electron chi connectivity index (χ0n) is 15.0. The summed E-state index contributed by atoms with van der Waals surface area (Å²) in [5, 5.41) is 2.73. The Kier molecular flexibility index (Phi) is 4.93. The average Bonchev–Trinajstić information content (AvgIpc) is 3.21. The maximum Gasteiger partial charge on any atom is 0.295 e. The maximum absolute atomic E-state index is 13.0. The van der Waals surface area contributed by atoms with Gasteiger partial charge in [0.15, 0.2) is 0 Å². The van der Waals surface area contributed by atoms with Crippen molar-refractivity contribution in [2.45, 2.75) is 19.8 Å². The molecule has 2 aromatic heterocycles. The summed E-state index contributed by atoms with van der Waals surface area (Å²) < 4.78 is 8.51. The fourth-order valence-corrected chi connectivity index (χ4v) is 2.97. The molecule has 0 unspecified atom stereocenters. The molecule has 0 fully saturated rings. The second-order valence-electron chi connectivity index (χ2n) is 6.23. The highest BCUT2D eigenvalue weighted by atomic mass is 16.3. The molecule has 0 aliphatic carbocycles. The molecule has 0 aliphatic rings. The van der Waals surface area contributed by atoms with Crippen LogP contribution in [0.4, 0.5) is 5.69 Å². The van der Waals surface area contributed by atoms with Crippen LogP contribution in [-0.4, -0.2) is 15.3 Å². The Balaban J connectivity index is 1.98. The summed E-state index contributed by atoms with van der Waals surface area (Å²) >= 11 is 0. The van der Waals surface area contributed by atoms with Crippen LogP contribution in [0, 0.1) is 0 Å². The number of hydrogen-bond acceptors (Lipinski definition) is 3. The molecule has 0 atom stereocenters. The molecule has 6 nitrogen and oxygen atoms in total. The predicted octanol–water partition coefficient (Wildman–Crippen LogP) is 3.54. The number of para-hydroxylation sites is 1. The first-order chi connectivity index (χ1) is 12.5. The summed E-state index contributed by atoms with van der Waals surface area (Å²) in [6, 6.07) is 12.8. The zero-order valence-corrected chi connectivity index (χ0v) is 15.0. The molecular formula is C20H21N3O3. The zero-order chi connectivity index (χ0) is 18.7. The van der Waals surface area contributed by atoms with Crippen LogP contribution in [-0.2, 0) is 11.8 Å². The lowest BCUT2D eigenvalue weighted by Crippen LogP contribution is -2.22. The molecule has 1 N–H and O–H groups in total. The van der Waals surface area contributed by atoms with Gasteiger partial charge >= 0.3 is 0 Å². The third kappa shape index (κ3) is 3.39. The van der Waals surface area contributed by atoms with E-state index in [1.165, 1.54) is 12.3 Å². The molecule has 0 saturated carbocycles. The van der Waals surface area contributed by atoms with Crippen LogP contribution in [0.25, 0.3) is 11.8 Å². The summed E-state index contributed by atoms with van der Waals surface area (Å²) in [5.41, 5.74) is 1.54. The van der Waals surface area contributed by atoms with Gasteiger partial charge in [0.2, 0.25) is 5.91 Å². The van der Waals surface area contributed by atoms with E-state index >= 15 is 0 Å². The van der Waals surface area contributed by atoms with Gasteiger partial charge in [-0.25, -0.2) is 4.68 Å². The lowest BCUT2D eigenvalue weighted by atomic mass is 10.1. The molecule has 1 amide bonds. The summed E-state index contributed by atoms with van der Waals surface area (Å²) in [4.78, 5) is 25.3. The van der Waals surface area contributed by atoms with Gasteiger partial charge in [0.05, 0.1) is 17.6 Å². The molecule has 1 aromatic carbocycles. The number of furan rings is 1. The lowest BCUT2D eigenvalue weighted by Gasteiger charge is -2.12. The van der Waals surface area contributed by atoms with E-state index in [9.17, 15) is 9.59 Å². The van der Waals surface area contributed by atoms with Crippen molar-refractivity contribution in [3.05, 3.63) is 76.6 Å². The minimum atomic E-state index is -0.383. The summed E-state index contributed by atoms with van der Waals surface area (Å²) in [6.45, 7) is 3.97. The molecule has 3 aromatic rings. The standard InChI is InChI=1S/C20H21N3O3/c1-14(2)19-18(21-17(24)12-11-16-10-7-13-26-16)20(25)23(22(19)3)15-8-5-4-6-9-15/h4-14H,1-3H3,(H,21,24)/b12-11-. The fraction of sp³-hybridized carbons (Fsp3) is 0.200. The Labute approximate surface area is 151 Å². The quantitative estimate of drug-likeness (QED) is 0.715. The maximum atomic E-state index is 13.0. The first-order valence-electron chi connectivity index (χ1n) is 8.39. The highest BCUT2D eigenvalue weighted by molar-refractivity contribution is 6.02. The van der Waals surface area contributed by atoms with Gasteiger partial charge in [-0.15, -0.1) is 0 Å². The highest BCUT2D eigenvalue weighted by Crippen LogP contribution is 2.23. The van der Waals surface area contributed by atoms with E-state index in [4.69, 9.17) is 4.42 Å². The van der Waals surface area contributed by atoms with Crippen LogP contribution >= 0.6 is 0 Å². The van der Waals surface area contributed by atoms with E-state index in [2.05, 4.69) is 5.32 Å². The van der Waals surface area contributed by atoms with Gasteiger partial charge in [-0.05, 0) is 36.3 Å². The third-order valence-corrected chi connectivity index (χ3v) is 4.05. The number of hydrogen-bond donors (Lipinski definition) is 1. The van der Waals surface area contributed by atoms with Gasteiger partial charge in [0.25, 0.3) is 5.56 Å². The molecule has 0 bridgehead atoms. The topological polar surface area (TPSA) is 69.2 Å². The van der Waals surface area contributed by atoms with Crippen molar-refractivity contribution in [1.82, 2.24) is 9.36 Å². The average molecular weight is 351 g/mol. The molecule has 0 spiro atoms. The molecule has 6 heteroatoms. The minimum Gasteiger partial charge on any atom is -0.465 e. The van der Waals surface area contributed by atoms with E-state index < -0.39 is 0 Å². The Morgan fingerprint density at radius 2 is 1.88 bits per heavy atom.